The Morgan fingerprint density at radius 1 is 1.23 bits per heavy atom. The first-order chi connectivity index (χ1) is 15.0. The Labute approximate surface area is 182 Å². The van der Waals surface area contributed by atoms with E-state index < -0.39 is 0 Å². The van der Waals surface area contributed by atoms with Crippen LogP contribution in [0.4, 0.5) is 0 Å². The number of hydrogen-bond donors (Lipinski definition) is 2. The monoisotopic (exact) mass is 422 g/mol. The van der Waals surface area contributed by atoms with Gasteiger partial charge in [0.05, 0.1) is 12.2 Å². The van der Waals surface area contributed by atoms with Crippen LogP contribution in [0, 0.1) is 5.92 Å². The summed E-state index contributed by atoms with van der Waals surface area (Å²) in [5.74, 6) is 0.387. The number of carbonyl (C=O) groups is 2. The Morgan fingerprint density at radius 3 is 2.77 bits per heavy atom. The summed E-state index contributed by atoms with van der Waals surface area (Å²) >= 11 is 0. The zero-order chi connectivity index (χ0) is 21.8. The van der Waals surface area contributed by atoms with Crippen LogP contribution in [0.5, 0.6) is 0 Å². The minimum absolute atomic E-state index is 0.164. The fourth-order valence-corrected chi connectivity index (χ4v) is 4.06. The molecule has 2 amide bonds. The Hall–Kier alpha value is -3.16. The SMILES string of the molecule is CC(C)CNC(=O)c1cn(C2CCN(C(=O)CCc3c[nH]c4ccccc34)CC2)nn1. The number of aromatic nitrogens is 4. The number of nitrogens with one attached hydrogen (secondary N) is 2. The first kappa shape index (κ1) is 21.1. The molecule has 1 aromatic carbocycles. The van der Waals surface area contributed by atoms with Crippen molar-refractivity contribution >= 4 is 22.7 Å². The number of para-hydroxylation sites is 1. The molecule has 164 valence electrons. The van der Waals surface area contributed by atoms with Crippen LogP contribution in [0.15, 0.2) is 36.7 Å². The maximum atomic E-state index is 12.7. The smallest absolute Gasteiger partial charge is 0.273 e. The van der Waals surface area contributed by atoms with Crippen molar-refractivity contribution in [2.45, 2.75) is 45.6 Å². The van der Waals surface area contributed by atoms with Crippen molar-refractivity contribution in [2.75, 3.05) is 19.6 Å². The van der Waals surface area contributed by atoms with Crippen molar-refractivity contribution < 1.29 is 9.59 Å². The molecular weight excluding hydrogens is 392 g/mol. The van der Waals surface area contributed by atoms with Crippen LogP contribution >= 0.6 is 0 Å². The van der Waals surface area contributed by atoms with Gasteiger partial charge < -0.3 is 15.2 Å². The summed E-state index contributed by atoms with van der Waals surface area (Å²) in [7, 11) is 0. The second-order valence-corrected chi connectivity index (χ2v) is 8.66. The number of H-pyrrole nitrogens is 1. The fourth-order valence-electron chi connectivity index (χ4n) is 4.06. The summed E-state index contributed by atoms with van der Waals surface area (Å²) in [6.07, 6.45) is 6.60. The number of aryl methyl sites for hydroxylation is 1. The topological polar surface area (TPSA) is 95.9 Å². The van der Waals surface area contributed by atoms with Crippen LogP contribution in [0.3, 0.4) is 0 Å². The maximum Gasteiger partial charge on any atom is 0.273 e. The first-order valence-corrected chi connectivity index (χ1v) is 11.0. The molecule has 1 aliphatic heterocycles. The van der Waals surface area contributed by atoms with Gasteiger partial charge in [-0.05, 0) is 36.8 Å². The minimum Gasteiger partial charge on any atom is -0.361 e. The van der Waals surface area contributed by atoms with Gasteiger partial charge in [-0.1, -0.05) is 37.3 Å². The number of hydrogen-bond acceptors (Lipinski definition) is 4. The summed E-state index contributed by atoms with van der Waals surface area (Å²) in [5, 5.41) is 12.2. The van der Waals surface area contributed by atoms with Gasteiger partial charge in [0.1, 0.15) is 0 Å². The second kappa shape index (κ2) is 9.32. The molecule has 0 unspecified atom stereocenters. The molecule has 31 heavy (non-hydrogen) atoms. The molecule has 0 spiro atoms. The Morgan fingerprint density at radius 2 is 2.00 bits per heavy atom. The third-order valence-electron chi connectivity index (χ3n) is 5.89. The van der Waals surface area contributed by atoms with Crippen LogP contribution in [0.2, 0.25) is 0 Å². The van der Waals surface area contributed by atoms with Gasteiger partial charge in [0, 0.05) is 43.2 Å². The first-order valence-electron chi connectivity index (χ1n) is 11.0. The number of rotatable bonds is 7. The molecule has 0 bridgehead atoms. The quantitative estimate of drug-likeness (QED) is 0.612. The Kier molecular flexibility index (Phi) is 6.34. The van der Waals surface area contributed by atoms with Crippen LogP contribution in [-0.4, -0.2) is 56.3 Å². The van der Waals surface area contributed by atoms with Crippen molar-refractivity contribution in [3.05, 3.63) is 47.9 Å². The zero-order valence-corrected chi connectivity index (χ0v) is 18.2. The van der Waals surface area contributed by atoms with E-state index in [1.807, 2.05) is 37.1 Å². The minimum atomic E-state index is -0.190. The third kappa shape index (κ3) is 4.95. The van der Waals surface area contributed by atoms with E-state index in [-0.39, 0.29) is 17.9 Å². The van der Waals surface area contributed by atoms with Gasteiger partial charge in [-0.2, -0.15) is 0 Å². The van der Waals surface area contributed by atoms with Gasteiger partial charge in [-0.25, -0.2) is 4.68 Å². The highest BCUT2D eigenvalue weighted by molar-refractivity contribution is 5.91. The molecule has 0 atom stereocenters. The standard InChI is InChI=1S/C23H30N6O2/c1-16(2)13-25-23(31)21-15-29(27-26-21)18-9-11-28(12-10-18)22(30)8-7-17-14-24-20-6-4-3-5-19(17)20/h3-6,14-16,18,24H,7-13H2,1-2H3,(H,25,31). The molecule has 0 aliphatic carbocycles. The molecular formula is C23H30N6O2. The molecule has 1 aliphatic rings. The van der Waals surface area contributed by atoms with E-state index in [1.165, 1.54) is 10.9 Å². The van der Waals surface area contributed by atoms with Gasteiger partial charge in [0.2, 0.25) is 5.91 Å². The van der Waals surface area contributed by atoms with Crippen LogP contribution < -0.4 is 5.32 Å². The number of piperidine rings is 1. The van der Waals surface area contributed by atoms with Gasteiger partial charge in [0.15, 0.2) is 5.69 Å². The lowest BCUT2D eigenvalue weighted by Crippen LogP contribution is -2.39. The molecule has 1 fully saturated rings. The van der Waals surface area contributed by atoms with Gasteiger partial charge in [-0.15, -0.1) is 5.10 Å². The number of fused-ring (bicyclic) bond motifs is 1. The average Bonchev–Trinajstić information content (AvgIpc) is 3.43. The van der Waals surface area contributed by atoms with Crippen LogP contribution in [-0.2, 0) is 11.2 Å². The Bertz CT molecular complexity index is 1050. The van der Waals surface area contributed by atoms with E-state index in [1.54, 1.807) is 10.9 Å². The van der Waals surface area contributed by atoms with E-state index in [9.17, 15) is 9.59 Å². The van der Waals surface area contributed by atoms with Gasteiger partial charge >= 0.3 is 0 Å². The van der Waals surface area contributed by atoms with Crippen LogP contribution in [0.25, 0.3) is 10.9 Å². The highest BCUT2D eigenvalue weighted by Gasteiger charge is 2.25. The number of aromatic amines is 1. The van der Waals surface area contributed by atoms with E-state index >= 15 is 0 Å². The number of carbonyl (C=O) groups excluding carboxylic acids is 2. The normalized spacial score (nSPS) is 15.0. The predicted molar refractivity (Wildman–Crippen MR) is 119 cm³/mol. The number of likely N-dealkylation sites (tertiary alicyclic amines) is 1. The van der Waals surface area contributed by atoms with Crippen molar-refractivity contribution in [1.82, 2.24) is 30.2 Å². The summed E-state index contributed by atoms with van der Waals surface area (Å²) in [5.41, 5.74) is 2.64. The second-order valence-electron chi connectivity index (χ2n) is 8.66. The summed E-state index contributed by atoms with van der Waals surface area (Å²) in [6.45, 7) is 6.11. The van der Waals surface area contributed by atoms with E-state index in [2.05, 4.69) is 32.7 Å². The highest BCUT2D eigenvalue weighted by atomic mass is 16.2. The van der Waals surface area contributed by atoms with Crippen molar-refractivity contribution in [3.63, 3.8) is 0 Å². The van der Waals surface area contributed by atoms with Crippen LogP contribution in [0.1, 0.15) is 55.2 Å². The molecule has 3 aromatic rings. The average molecular weight is 423 g/mol. The predicted octanol–water partition coefficient (Wildman–Crippen LogP) is 2.94. The largest absolute Gasteiger partial charge is 0.361 e. The zero-order valence-electron chi connectivity index (χ0n) is 18.2. The van der Waals surface area contributed by atoms with E-state index in [4.69, 9.17) is 0 Å². The molecule has 2 N–H and O–H groups in total. The Balaban J connectivity index is 1.26. The van der Waals surface area contributed by atoms with E-state index in [0.29, 0.717) is 37.7 Å². The third-order valence-corrected chi connectivity index (χ3v) is 5.89. The summed E-state index contributed by atoms with van der Waals surface area (Å²) in [4.78, 5) is 30.1. The van der Waals surface area contributed by atoms with Crippen molar-refractivity contribution in [1.29, 1.82) is 0 Å². The molecule has 3 heterocycles. The maximum absolute atomic E-state index is 12.7. The fraction of sp³-hybridized carbons (Fsp3) is 0.478. The molecule has 0 saturated carbocycles. The highest BCUT2D eigenvalue weighted by Crippen LogP contribution is 2.23. The summed E-state index contributed by atoms with van der Waals surface area (Å²) < 4.78 is 1.78. The van der Waals surface area contributed by atoms with Crippen molar-refractivity contribution in [2.24, 2.45) is 5.92 Å². The molecule has 1 saturated heterocycles. The lowest BCUT2D eigenvalue weighted by atomic mass is 10.0. The van der Waals surface area contributed by atoms with Crippen molar-refractivity contribution in [3.8, 4) is 0 Å². The molecule has 8 heteroatoms. The lowest BCUT2D eigenvalue weighted by Gasteiger charge is -2.32. The molecule has 0 radical (unpaired) electrons. The molecule has 2 aromatic heterocycles. The molecule has 4 rings (SSSR count). The number of nitrogens with zero attached hydrogens (tertiary/aromatic N) is 4. The van der Waals surface area contributed by atoms with Gasteiger partial charge in [0.25, 0.3) is 5.91 Å². The summed E-state index contributed by atoms with van der Waals surface area (Å²) in [6, 6.07) is 8.34. The number of amides is 2. The van der Waals surface area contributed by atoms with Gasteiger partial charge in [-0.3, -0.25) is 9.59 Å². The lowest BCUT2D eigenvalue weighted by molar-refractivity contribution is -0.132. The van der Waals surface area contributed by atoms with E-state index in [0.717, 1.165) is 24.8 Å². The number of benzene rings is 1. The molecule has 8 nitrogen and oxygen atoms in total.